The molecule has 3 heterocycles. The van der Waals surface area contributed by atoms with Gasteiger partial charge in [-0.3, -0.25) is 9.48 Å². The Hall–Kier alpha value is -3.44. The van der Waals surface area contributed by atoms with Crippen LogP contribution in [0.15, 0.2) is 59.8 Å². The topological polar surface area (TPSA) is 107 Å². The van der Waals surface area contributed by atoms with E-state index in [4.69, 9.17) is 9.47 Å². The molecule has 2 aliphatic heterocycles. The van der Waals surface area contributed by atoms with Gasteiger partial charge in [-0.2, -0.15) is 4.31 Å². The predicted octanol–water partition coefficient (Wildman–Crippen LogP) is 1.69. The minimum atomic E-state index is -3.84. The van der Waals surface area contributed by atoms with Crippen LogP contribution < -0.4 is 9.47 Å². The predicted molar refractivity (Wildman–Crippen MR) is 122 cm³/mol. The number of benzene rings is 2. The molecule has 2 aromatic carbocycles. The van der Waals surface area contributed by atoms with E-state index in [1.807, 2.05) is 12.1 Å². The average Bonchev–Trinajstić information content (AvgIpc) is 3.43. The zero-order valence-corrected chi connectivity index (χ0v) is 19.7. The number of fused-ring (bicyclic) bond motifs is 1. The third-order valence-corrected chi connectivity index (χ3v) is 8.00. The van der Waals surface area contributed by atoms with Gasteiger partial charge in [-0.25, -0.2) is 13.4 Å². The van der Waals surface area contributed by atoms with Gasteiger partial charge >= 0.3 is 0 Å². The molecular formula is C23H25N5O5S. The number of aryl methyl sites for hydroxylation is 1. The summed E-state index contributed by atoms with van der Waals surface area (Å²) in [6, 6.07) is 13.9. The van der Waals surface area contributed by atoms with Crippen LogP contribution in [0.3, 0.4) is 0 Å². The third kappa shape index (κ3) is 4.01. The molecule has 0 aliphatic carbocycles. The molecule has 0 radical (unpaired) electrons. The second-order valence-electron chi connectivity index (χ2n) is 8.57. The number of sulfonamides is 1. The SMILES string of the molecule is COc1ccc(CN2C[C@@]3(CCN(C(=O)c4ncn(C)n4)C3)Oc3ccccc3S2(=O)=O)cc1. The minimum Gasteiger partial charge on any atom is -0.497 e. The van der Waals surface area contributed by atoms with E-state index in [0.29, 0.717) is 24.5 Å². The highest BCUT2D eigenvalue weighted by molar-refractivity contribution is 7.89. The van der Waals surface area contributed by atoms with Crippen LogP contribution in [0.1, 0.15) is 22.6 Å². The Labute approximate surface area is 197 Å². The fourth-order valence-electron chi connectivity index (χ4n) is 4.44. The van der Waals surface area contributed by atoms with Crippen LogP contribution in [-0.2, 0) is 23.6 Å². The Bertz CT molecular complexity index is 1320. The molecule has 2 aliphatic rings. The second kappa shape index (κ2) is 8.41. The van der Waals surface area contributed by atoms with Crippen LogP contribution in [0.4, 0.5) is 0 Å². The number of ether oxygens (including phenoxy) is 2. The van der Waals surface area contributed by atoms with Crippen molar-refractivity contribution in [2.45, 2.75) is 23.5 Å². The number of carbonyl (C=O) groups is 1. The molecular weight excluding hydrogens is 458 g/mol. The number of aromatic nitrogens is 3. The lowest BCUT2D eigenvalue weighted by molar-refractivity contribution is 0.0505. The largest absolute Gasteiger partial charge is 0.497 e. The Morgan fingerprint density at radius 3 is 2.62 bits per heavy atom. The number of rotatable bonds is 4. The zero-order chi connectivity index (χ0) is 23.9. The molecule has 1 aromatic heterocycles. The second-order valence-corrected chi connectivity index (χ2v) is 10.5. The highest BCUT2D eigenvalue weighted by Gasteiger charge is 2.49. The standard InChI is InChI=1S/C23H25N5O5S/c1-26-16-24-21(25-26)22(29)27-12-11-23(14-27)15-28(13-17-7-9-18(32-2)10-8-17)34(30,31)20-6-4-3-5-19(20)33-23/h3-10,16H,11-15H2,1-2H3/t23-/m0/s1. The minimum absolute atomic E-state index is 0.107. The average molecular weight is 484 g/mol. The maximum Gasteiger partial charge on any atom is 0.293 e. The van der Waals surface area contributed by atoms with E-state index in [0.717, 1.165) is 5.56 Å². The van der Waals surface area contributed by atoms with Crippen LogP contribution in [-0.4, -0.2) is 70.6 Å². The van der Waals surface area contributed by atoms with E-state index in [9.17, 15) is 13.2 Å². The molecule has 0 unspecified atom stereocenters. The maximum atomic E-state index is 13.6. The number of para-hydroxylation sites is 1. The fraction of sp³-hybridized carbons (Fsp3) is 0.348. The lowest BCUT2D eigenvalue weighted by atomic mass is 10.0. The first-order valence-corrected chi connectivity index (χ1v) is 12.3. The van der Waals surface area contributed by atoms with Gasteiger partial charge in [0.1, 0.15) is 28.3 Å². The molecule has 10 nitrogen and oxygen atoms in total. The Morgan fingerprint density at radius 2 is 1.91 bits per heavy atom. The molecule has 1 amide bonds. The molecule has 11 heteroatoms. The van der Waals surface area contributed by atoms with E-state index >= 15 is 0 Å². The molecule has 0 N–H and O–H groups in total. The zero-order valence-electron chi connectivity index (χ0n) is 18.9. The highest BCUT2D eigenvalue weighted by Crippen LogP contribution is 2.39. The van der Waals surface area contributed by atoms with E-state index in [1.54, 1.807) is 55.5 Å². The molecule has 5 rings (SSSR count). The van der Waals surface area contributed by atoms with Crippen LogP contribution in [0.2, 0.25) is 0 Å². The Kier molecular flexibility index (Phi) is 5.53. The number of hydrogen-bond acceptors (Lipinski definition) is 7. The number of likely N-dealkylation sites (tertiary alicyclic amines) is 1. The molecule has 1 spiro atoms. The summed E-state index contributed by atoms with van der Waals surface area (Å²) in [6.45, 7) is 0.916. The van der Waals surface area contributed by atoms with Crippen molar-refractivity contribution in [3.8, 4) is 11.5 Å². The summed E-state index contributed by atoms with van der Waals surface area (Å²) in [5.41, 5.74) is -0.0705. The molecule has 3 aromatic rings. The van der Waals surface area contributed by atoms with Crippen molar-refractivity contribution < 1.29 is 22.7 Å². The van der Waals surface area contributed by atoms with Gasteiger partial charge in [0.15, 0.2) is 0 Å². The molecule has 0 bridgehead atoms. The molecule has 1 saturated heterocycles. The first-order valence-electron chi connectivity index (χ1n) is 10.9. The summed E-state index contributed by atoms with van der Waals surface area (Å²) in [4.78, 5) is 18.8. The van der Waals surface area contributed by atoms with Crippen molar-refractivity contribution in [2.24, 2.45) is 7.05 Å². The molecule has 1 atom stereocenters. The van der Waals surface area contributed by atoms with Crippen molar-refractivity contribution in [3.05, 3.63) is 66.2 Å². The van der Waals surface area contributed by atoms with Crippen LogP contribution >= 0.6 is 0 Å². The van der Waals surface area contributed by atoms with Gasteiger partial charge in [0.05, 0.1) is 20.2 Å². The highest BCUT2D eigenvalue weighted by atomic mass is 32.2. The van der Waals surface area contributed by atoms with Gasteiger partial charge in [0.25, 0.3) is 5.91 Å². The van der Waals surface area contributed by atoms with Crippen LogP contribution in [0.5, 0.6) is 11.5 Å². The normalized spacial score (nSPS) is 21.6. The van der Waals surface area contributed by atoms with Gasteiger partial charge in [0.2, 0.25) is 15.8 Å². The van der Waals surface area contributed by atoms with Crippen molar-refractivity contribution >= 4 is 15.9 Å². The lowest BCUT2D eigenvalue weighted by Crippen LogP contribution is -2.49. The number of hydrogen-bond donors (Lipinski definition) is 0. The van der Waals surface area contributed by atoms with E-state index < -0.39 is 15.6 Å². The monoisotopic (exact) mass is 483 g/mol. The number of methoxy groups -OCH3 is 1. The van der Waals surface area contributed by atoms with Crippen molar-refractivity contribution in [1.29, 1.82) is 0 Å². The quantitative estimate of drug-likeness (QED) is 0.556. The lowest BCUT2D eigenvalue weighted by Gasteiger charge is -2.31. The van der Waals surface area contributed by atoms with E-state index in [-0.39, 0.29) is 36.3 Å². The Balaban J connectivity index is 1.48. The van der Waals surface area contributed by atoms with Crippen molar-refractivity contribution in [3.63, 3.8) is 0 Å². The first kappa shape index (κ1) is 22.4. The van der Waals surface area contributed by atoms with E-state index in [2.05, 4.69) is 10.1 Å². The molecule has 178 valence electrons. The fourth-order valence-corrected chi connectivity index (χ4v) is 6.06. The summed E-state index contributed by atoms with van der Waals surface area (Å²) in [7, 11) is -0.557. The molecule has 34 heavy (non-hydrogen) atoms. The van der Waals surface area contributed by atoms with Crippen molar-refractivity contribution in [2.75, 3.05) is 26.7 Å². The molecule has 0 saturated carbocycles. The van der Waals surface area contributed by atoms with E-state index in [1.165, 1.54) is 15.3 Å². The number of amides is 1. The first-order chi connectivity index (χ1) is 16.3. The summed E-state index contributed by atoms with van der Waals surface area (Å²) < 4.78 is 41.8. The van der Waals surface area contributed by atoms with Crippen LogP contribution in [0.25, 0.3) is 0 Å². The van der Waals surface area contributed by atoms with Gasteiger partial charge in [-0.15, -0.1) is 5.10 Å². The van der Waals surface area contributed by atoms with Gasteiger partial charge in [-0.1, -0.05) is 24.3 Å². The summed E-state index contributed by atoms with van der Waals surface area (Å²) in [5, 5.41) is 4.11. The maximum absolute atomic E-state index is 13.6. The Morgan fingerprint density at radius 1 is 1.15 bits per heavy atom. The van der Waals surface area contributed by atoms with Gasteiger partial charge in [-0.05, 0) is 29.8 Å². The van der Waals surface area contributed by atoms with Gasteiger partial charge in [0, 0.05) is 26.6 Å². The summed E-state index contributed by atoms with van der Waals surface area (Å²) in [6.07, 6.45) is 1.95. The smallest absolute Gasteiger partial charge is 0.293 e. The van der Waals surface area contributed by atoms with Crippen LogP contribution in [0, 0.1) is 0 Å². The van der Waals surface area contributed by atoms with Crippen molar-refractivity contribution in [1.82, 2.24) is 24.0 Å². The molecule has 1 fully saturated rings. The number of carbonyl (C=O) groups excluding carboxylic acids is 1. The summed E-state index contributed by atoms with van der Waals surface area (Å²) >= 11 is 0. The number of nitrogens with zero attached hydrogens (tertiary/aromatic N) is 5. The van der Waals surface area contributed by atoms with Gasteiger partial charge < -0.3 is 14.4 Å². The summed E-state index contributed by atoms with van der Waals surface area (Å²) in [5.74, 6) is 0.796. The third-order valence-electron chi connectivity index (χ3n) is 6.17.